The molecule has 37 heavy (non-hydrogen) atoms. The average Bonchev–Trinajstić information content (AvgIpc) is 2.87. The van der Waals surface area contributed by atoms with E-state index in [4.69, 9.17) is 4.74 Å². The molecule has 190 valence electrons. The van der Waals surface area contributed by atoms with Gasteiger partial charge in [0.1, 0.15) is 17.3 Å². The van der Waals surface area contributed by atoms with Crippen LogP contribution in [-0.2, 0) is 21.1 Å². The Morgan fingerprint density at radius 3 is 2.30 bits per heavy atom. The van der Waals surface area contributed by atoms with Crippen LogP contribution < -0.4 is 10.1 Å². The first-order chi connectivity index (χ1) is 17.6. The second kappa shape index (κ2) is 10.9. The van der Waals surface area contributed by atoms with E-state index in [2.05, 4.69) is 5.32 Å². The molecule has 0 saturated carbocycles. The summed E-state index contributed by atoms with van der Waals surface area (Å²) in [5.74, 6) is -2.78. The molecule has 0 aliphatic rings. The van der Waals surface area contributed by atoms with Gasteiger partial charge in [0.05, 0.1) is 17.1 Å². The van der Waals surface area contributed by atoms with E-state index in [9.17, 15) is 26.4 Å². The Balaban J connectivity index is 1.58. The lowest BCUT2D eigenvalue weighted by molar-refractivity contribution is -0.115. The van der Waals surface area contributed by atoms with Gasteiger partial charge in [0.25, 0.3) is 0 Å². The van der Waals surface area contributed by atoms with Crippen LogP contribution in [0.15, 0.2) is 89.8 Å². The summed E-state index contributed by atoms with van der Waals surface area (Å²) in [4.78, 5) is 12.8. The molecular formula is C28H22F3NO4S. The van der Waals surface area contributed by atoms with Crippen molar-refractivity contribution >= 4 is 21.4 Å². The molecule has 0 bridgehead atoms. The highest BCUT2D eigenvalue weighted by Crippen LogP contribution is 2.36. The van der Waals surface area contributed by atoms with Crippen molar-refractivity contribution in [3.63, 3.8) is 0 Å². The number of carbonyl (C=O) groups excluding carboxylic acids is 1. The normalized spacial score (nSPS) is 11.2. The van der Waals surface area contributed by atoms with E-state index in [-0.39, 0.29) is 34.5 Å². The minimum absolute atomic E-state index is 0.0159. The number of hydrogen-bond donors (Lipinski definition) is 1. The van der Waals surface area contributed by atoms with Crippen LogP contribution in [0, 0.1) is 17.5 Å². The fourth-order valence-corrected chi connectivity index (χ4v) is 4.50. The summed E-state index contributed by atoms with van der Waals surface area (Å²) in [5, 5.41) is 2.74. The zero-order chi connectivity index (χ0) is 26.6. The quantitative estimate of drug-likeness (QED) is 0.284. The van der Waals surface area contributed by atoms with Crippen molar-refractivity contribution in [2.45, 2.75) is 18.2 Å². The number of benzene rings is 4. The van der Waals surface area contributed by atoms with Gasteiger partial charge in [0, 0.05) is 23.4 Å². The number of carbonyl (C=O) groups is 1. The molecule has 0 fully saturated rings. The highest BCUT2D eigenvalue weighted by molar-refractivity contribution is 7.91. The standard InChI is InChI=1S/C28H22F3NO4S/c1-2-37(34,35)23-10-6-18(7-11-23)14-28(33)32-21-8-12-24(19-4-3-5-20(29)15-19)27(16-21)36-22-9-13-25(30)26(31)17-22/h3-13,15-17H,2,14H2,1H3,(H,32,33). The van der Waals surface area contributed by atoms with Crippen LogP contribution in [0.4, 0.5) is 18.9 Å². The third-order valence-corrected chi connectivity index (χ3v) is 7.30. The minimum atomic E-state index is -3.34. The summed E-state index contributed by atoms with van der Waals surface area (Å²) in [6.07, 6.45) is -0.0164. The number of nitrogens with one attached hydrogen (secondary N) is 1. The van der Waals surface area contributed by atoms with Crippen LogP contribution in [-0.4, -0.2) is 20.1 Å². The molecule has 4 aromatic carbocycles. The molecule has 0 radical (unpaired) electrons. The molecule has 1 N–H and O–H groups in total. The fourth-order valence-electron chi connectivity index (χ4n) is 3.62. The summed E-state index contributed by atoms with van der Waals surface area (Å²) in [7, 11) is -3.34. The van der Waals surface area contributed by atoms with Crippen molar-refractivity contribution in [3.05, 3.63) is 108 Å². The van der Waals surface area contributed by atoms with Crippen LogP contribution in [0.2, 0.25) is 0 Å². The van der Waals surface area contributed by atoms with Crippen molar-refractivity contribution in [1.82, 2.24) is 0 Å². The third kappa shape index (κ3) is 6.37. The van der Waals surface area contributed by atoms with Gasteiger partial charge in [-0.1, -0.05) is 31.2 Å². The molecular weight excluding hydrogens is 503 g/mol. The van der Waals surface area contributed by atoms with Gasteiger partial charge in [0.2, 0.25) is 5.91 Å². The van der Waals surface area contributed by atoms with E-state index in [1.165, 1.54) is 42.5 Å². The predicted octanol–water partition coefficient (Wildman–Crippen LogP) is 6.54. The highest BCUT2D eigenvalue weighted by atomic mass is 32.2. The van der Waals surface area contributed by atoms with Crippen molar-refractivity contribution in [3.8, 4) is 22.6 Å². The Morgan fingerprint density at radius 2 is 1.62 bits per heavy atom. The molecule has 0 aromatic heterocycles. The lowest BCUT2D eigenvalue weighted by Gasteiger charge is -2.14. The summed E-state index contributed by atoms with van der Waals surface area (Å²) >= 11 is 0. The summed E-state index contributed by atoms with van der Waals surface area (Å²) in [6, 6.07) is 19.6. The molecule has 0 atom stereocenters. The van der Waals surface area contributed by atoms with Crippen molar-refractivity contribution < 1.29 is 31.1 Å². The molecule has 0 spiro atoms. The van der Waals surface area contributed by atoms with Gasteiger partial charge < -0.3 is 10.1 Å². The van der Waals surface area contributed by atoms with Crippen LogP contribution in [0.3, 0.4) is 0 Å². The smallest absolute Gasteiger partial charge is 0.228 e. The Bertz CT molecular complexity index is 1550. The van der Waals surface area contributed by atoms with E-state index in [0.29, 0.717) is 22.4 Å². The van der Waals surface area contributed by atoms with E-state index in [1.807, 2.05) is 0 Å². The fraction of sp³-hybridized carbons (Fsp3) is 0.107. The zero-order valence-electron chi connectivity index (χ0n) is 19.7. The van der Waals surface area contributed by atoms with Crippen molar-refractivity contribution in [2.75, 3.05) is 11.1 Å². The minimum Gasteiger partial charge on any atom is -0.457 e. The Morgan fingerprint density at radius 1 is 0.865 bits per heavy atom. The summed E-state index contributed by atoms with van der Waals surface area (Å²) < 4.78 is 70.7. The van der Waals surface area contributed by atoms with Crippen LogP contribution in [0.25, 0.3) is 11.1 Å². The average molecular weight is 526 g/mol. The zero-order valence-corrected chi connectivity index (χ0v) is 20.5. The number of sulfone groups is 1. The van der Waals surface area contributed by atoms with Crippen molar-refractivity contribution in [1.29, 1.82) is 0 Å². The Labute approximate surface area is 212 Å². The summed E-state index contributed by atoms with van der Waals surface area (Å²) in [6.45, 7) is 1.56. The van der Waals surface area contributed by atoms with E-state index in [1.54, 1.807) is 37.3 Å². The molecule has 0 heterocycles. The highest BCUT2D eigenvalue weighted by Gasteiger charge is 2.14. The number of ether oxygens (including phenoxy) is 1. The number of amides is 1. The Hall–Kier alpha value is -4.11. The molecule has 4 rings (SSSR count). The Kier molecular flexibility index (Phi) is 7.63. The molecule has 0 saturated heterocycles. The van der Waals surface area contributed by atoms with E-state index in [0.717, 1.165) is 12.1 Å². The van der Waals surface area contributed by atoms with Gasteiger partial charge >= 0.3 is 0 Å². The first-order valence-electron chi connectivity index (χ1n) is 11.3. The third-order valence-electron chi connectivity index (χ3n) is 5.55. The molecule has 5 nitrogen and oxygen atoms in total. The van der Waals surface area contributed by atoms with Gasteiger partial charge in [-0.05, 0) is 59.7 Å². The molecule has 0 unspecified atom stereocenters. The van der Waals surface area contributed by atoms with Gasteiger partial charge in [-0.2, -0.15) is 0 Å². The lowest BCUT2D eigenvalue weighted by Crippen LogP contribution is -2.14. The second-order valence-corrected chi connectivity index (χ2v) is 10.4. The van der Waals surface area contributed by atoms with Gasteiger partial charge in [-0.15, -0.1) is 0 Å². The SMILES string of the molecule is CCS(=O)(=O)c1ccc(CC(=O)Nc2ccc(-c3cccc(F)c3)c(Oc3ccc(F)c(F)c3)c2)cc1. The number of rotatable bonds is 8. The lowest BCUT2D eigenvalue weighted by atomic mass is 10.0. The first kappa shape index (κ1) is 26.0. The topological polar surface area (TPSA) is 72.5 Å². The molecule has 1 amide bonds. The first-order valence-corrected chi connectivity index (χ1v) is 12.9. The maximum atomic E-state index is 13.9. The number of anilines is 1. The molecule has 9 heteroatoms. The predicted molar refractivity (Wildman–Crippen MR) is 135 cm³/mol. The van der Waals surface area contributed by atoms with Crippen LogP contribution in [0.5, 0.6) is 11.5 Å². The van der Waals surface area contributed by atoms with E-state index >= 15 is 0 Å². The molecule has 0 aliphatic carbocycles. The second-order valence-electron chi connectivity index (χ2n) is 8.17. The van der Waals surface area contributed by atoms with Crippen LogP contribution >= 0.6 is 0 Å². The van der Waals surface area contributed by atoms with Crippen molar-refractivity contribution in [2.24, 2.45) is 0 Å². The van der Waals surface area contributed by atoms with Gasteiger partial charge in [-0.3, -0.25) is 4.79 Å². The number of halogens is 3. The summed E-state index contributed by atoms with van der Waals surface area (Å²) in [5.41, 5.74) is 1.92. The monoisotopic (exact) mass is 525 g/mol. The van der Waals surface area contributed by atoms with Gasteiger partial charge in [-0.25, -0.2) is 21.6 Å². The van der Waals surface area contributed by atoms with Crippen LogP contribution in [0.1, 0.15) is 12.5 Å². The van der Waals surface area contributed by atoms with E-state index < -0.39 is 27.3 Å². The maximum Gasteiger partial charge on any atom is 0.228 e. The number of hydrogen-bond acceptors (Lipinski definition) is 4. The molecule has 0 aliphatic heterocycles. The maximum absolute atomic E-state index is 13.9. The molecule has 4 aromatic rings. The van der Waals surface area contributed by atoms with Gasteiger partial charge in [0.15, 0.2) is 21.5 Å². The largest absolute Gasteiger partial charge is 0.457 e.